The summed E-state index contributed by atoms with van der Waals surface area (Å²) < 4.78 is 50.9. The summed E-state index contributed by atoms with van der Waals surface area (Å²) in [6.45, 7) is 12.2. The first-order chi connectivity index (χ1) is 15.9. The topological polar surface area (TPSA) is 45.2 Å². The van der Waals surface area contributed by atoms with E-state index in [0.717, 1.165) is 30.9 Å². The summed E-state index contributed by atoms with van der Waals surface area (Å²) >= 11 is 0. The second-order valence-corrected chi connectivity index (χ2v) is 9.85. The van der Waals surface area contributed by atoms with Crippen LogP contribution in [0.4, 0.5) is 23.7 Å². The van der Waals surface area contributed by atoms with Gasteiger partial charge in [-0.1, -0.05) is 19.4 Å². The van der Waals surface area contributed by atoms with E-state index in [-0.39, 0.29) is 6.09 Å². The Morgan fingerprint density at radius 1 is 1.09 bits per heavy atom. The van der Waals surface area contributed by atoms with Gasteiger partial charge in [0, 0.05) is 38.4 Å². The zero-order chi connectivity index (χ0) is 25.4. The molecule has 2 rings (SSSR count). The van der Waals surface area contributed by atoms with Gasteiger partial charge in [-0.15, -0.1) is 0 Å². The number of rotatable bonds is 10. The zero-order valence-electron chi connectivity index (χ0n) is 21.2. The minimum atomic E-state index is -4.38. The number of carbonyl (C=O) groups is 1. The first-order valence-electron chi connectivity index (χ1n) is 12.1. The van der Waals surface area contributed by atoms with E-state index >= 15 is 0 Å². The molecule has 34 heavy (non-hydrogen) atoms. The standard InChI is InChI=1S/C25H40F3N3O3/c1-6-7-12-31(23(32)34-24(2,3)4)13-8-11-29(5)19-20-9-10-21(25(26,27)28)18-22(20)30-14-16-33-17-15-30/h9-10,18H,6-8,11-17,19H2,1-5H3. The van der Waals surface area contributed by atoms with Crippen molar-refractivity contribution in [3.63, 3.8) is 0 Å². The number of benzene rings is 1. The maximum Gasteiger partial charge on any atom is 0.416 e. The Hall–Kier alpha value is -2.00. The number of carbonyl (C=O) groups excluding carboxylic acids is 1. The minimum absolute atomic E-state index is 0.305. The second kappa shape index (κ2) is 12.6. The van der Waals surface area contributed by atoms with Gasteiger partial charge in [-0.3, -0.25) is 0 Å². The molecule has 1 heterocycles. The van der Waals surface area contributed by atoms with Gasteiger partial charge in [0.2, 0.25) is 0 Å². The van der Waals surface area contributed by atoms with E-state index in [9.17, 15) is 18.0 Å². The first kappa shape index (κ1) is 28.2. The van der Waals surface area contributed by atoms with Crippen LogP contribution in [-0.2, 0) is 22.2 Å². The molecule has 0 aliphatic carbocycles. The van der Waals surface area contributed by atoms with Gasteiger partial charge in [-0.05, 0) is 64.9 Å². The Bertz CT molecular complexity index is 775. The number of alkyl halides is 3. The molecule has 1 aromatic carbocycles. The summed E-state index contributed by atoms with van der Waals surface area (Å²) in [6.07, 6.45) is -2.05. The van der Waals surface area contributed by atoms with Crippen LogP contribution in [0, 0.1) is 0 Å². The predicted octanol–water partition coefficient (Wildman–Crippen LogP) is 5.40. The van der Waals surface area contributed by atoms with Crippen LogP contribution in [0.1, 0.15) is 58.1 Å². The third kappa shape index (κ3) is 9.33. The number of hydrogen-bond donors (Lipinski definition) is 0. The molecule has 0 bridgehead atoms. The maximum atomic E-state index is 13.3. The molecule has 0 atom stereocenters. The largest absolute Gasteiger partial charge is 0.444 e. The molecule has 0 aromatic heterocycles. The fourth-order valence-electron chi connectivity index (χ4n) is 3.84. The number of anilines is 1. The summed E-state index contributed by atoms with van der Waals surface area (Å²) in [7, 11) is 1.95. The van der Waals surface area contributed by atoms with Crippen molar-refractivity contribution in [1.82, 2.24) is 9.80 Å². The van der Waals surface area contributed by atoms with E-state index in [1.165, 1.54) is 6.07 Å². The number of ether oxygens (including phenoxy) is 2. The second-order valence-electron chi connectivity index (χ2n) is 9.85. The fraction of sp³-hybridized carbons (Fsp3) is 0.720. The average molecular weight is 488 g/mol. The van der Waals surface area contributed by atoms with E-state index in [4.69, 9.17) is 9.47 Å². The number of hydrogen-bond acceptors (Lipinski definition) is 5. The van der Waals surface area contributed by atoms with Gasteiger partial charge >= 0.3 is 12.3 Å². The van der Waals surface area contributed by atoms with Gasteiger partial charge in [0.05, 0.1) is 18.8 Å². The number of amides is 1. The molecule has 0 N–H and O–H groups in total. The third-order valence-electron chi connectivity index (χ3n) is 5.61. The summed E-state index contributed by atoms with van der Waals surface area (Å²) in [6, 6.07) is 3.99. The number of morpholine rings is 1. The van der Waals surface area contributed by atoms with Gasteiger partial charge in [0.15, 0.2) is 0 Å². The molecule has 1 aliphatic heterocycles. The fourth-order valence-corrected chi connectivity index (χ4v) is 3.84. The summed E-state index contributed by atoms with van der Waals surface area (Å²) in [5.41, 5.74) is 0.289. The van der Waals surface area contributed by atoms with Crippen molar-refractivity contribution in [2.24, 2.45) is 0 Å². The molecule has 0 saturated carbocycles. The van der Waals surface area contributed by atoms with Crippen molar-refractivity contribution < 1.29 is 27.4 Å². The van der Waals surface area contributed by atoms with Gasteiger partial charge in [-0.25, -0.2) is 4.79 Å². The lowest BCUT2D eigenvalue weighted by Crippen LogP contribution is -2.39. The Morgan fingerprint density at radius 2 is 1.74 bits per heavy atom. The Labute approximate surface area is 202 Å². The van der Waals surface area contributed by atoms with Crippen molar-refractivity contribution in [2.45, 2.75) is 65.3 Å². The molecule has 1 fully saturated rings. The van der Waals surface area contributed by atoms with Crippen LogP contribution in [0.15, 0.2) is 18.2 Å². The predicted molar refractivity (Wildman–Crippen MR) is 128 cm³/mol. The van der Waals surface area contributed by atoms with Gasteiger partial charge in [-0.2, -0.15) is 13.2 Å². The molecule has 0 radical (unpaired) electrons. The van der Waals surface area contributed by atoms with Crippen molar-refractivity contribution in [3.8, 4) is 0 Å². The number of halogens is 3. The van der Waals surface area contributed by atoms with Crippen LogP contribution in [0.3, 0.4) is 0 Å². The van der Waals surface area contributed by atoms with Gasteiger partial charge in [0.1, 0.15) is 5.60 Å². The molecule has 9 heteroatoms. The molecule has 1 aliphatic rings. The quantitative estimate of drug-likeness (QED) is 0.442. The van der Waals surface area contributed by atoms with Crippen LogP contribution in [0.25, 0.3) is 0 Å². The molecule has 194 valence electrons. The van der Waals surface area contributed by atoms with E-state index in [0.29, 0.717) is 58.2 Å². The monoisotopic (exact) mass is 487 g/mol. The molecular weight excluding hydrogens is 447 g/mol. The molecule has 0 unspecified atom stereocenters. The molecule has 0 spiro atoms. The Morgan fingerprint density at radius 3 is 2.32 bits per heavy atom. The van der Waals surface area contributed by atoms with E-state index < -0.39 is 17.3 Å². The normalized spacial score (nSPS) is 15.0. The van der Waals surface area contributed by atoms with E-state index in [2.05, 4.69) is 11.8 Å². The van der Waals surface area contributed by atoms with Crippen LogP contribution >= 0.6 is 0 Å². The van der Waals surface area contributed by atoms with E-state index in [1.807, 2.05) is 32.7 Å². The van der Waals surface area contributed by atoms with Crippen molar-refractivity contribution in [3.05, 3.63) is 29.3 Å². The van der Waals surface area contributed by atoms with Gasteiger partial charge < -0.3 is 24.2 Å². The highest BCUT2D eigenvalue weighted by Crippen LogP contribution is 2.34. The molecule has 1 amide bonds. The minimum Gasteiger partial charge on any atom is -0.444 e. The van der Waals surface area contributed by atoms with Crippen molar-refractivity contribution in [2.75, 3.05) is 57.9 Å². The molecule has 1 saturated heterocycles. The van der Waals surface area contributed by atoms with Gasteiger partial charge in [0.25, 0.3) is 0 Å². The third-order valence-corrected chi connectivity index (χ3v) is 5.61. The average Bonchev–Trinajstić information content (AvgIpc) is 2.75. The maximum absolute atomic E-state index is 13.3. The molecular formula is C25H40F3N3O3. The van der Waals surface area contributed by atoms with E-state index in [1.54, 1.807) is 11.0 Å². The highest BCUT2D eigenvalue weighted by molar-refractivity contribution is 5.68. The summed E-state index contributed by atoms with van der Waals surface area (Å²) in [4.78, 5) is 18.3. The SMILES string of the molecule is CCCCN(CCCN(C)Cc1ccc(C(F)(F)F)cc1N1CCOCC1)C(=O)OC(C)(C)C. The van der Waals surface area contributed by atoms with Crippen LogP contribution < -0.4 is 4.90 Å². The highest BCUT2D eigenvalue weighted by Gasteiger charge is 2.32. The number of unbranched alkanes of at least 4 members (excludes halogenated alkanes) is 1. The van der Waals surface area contributed by atoms with Crippen molar-refractivity contribution in [1.29, 1.82) is 0 Å². The van der Waals surface area contributed by atoms with Crippen molar-refractivity contribution >= 4 is 11.8 Å². The lowest BCUT2D eigenvalue weighted by Gasteiger charge is -2.32. The highest BCUT2D eigenvalue weighted by atomic mass is 19.4. The molecule has 1 aromatic rings. The van der Waals surface area contributed by atoms with Crippen LogP contribution in [-0.4, -0.2) is 74.5 Å². The smallest absolute Gasteiger partial charge is 0.416 e. The Balaban J connectivity index is 2.02. The van der Waals surface area contributed by atoms with Crippen LogP contribution in [0.5, 0.6) is 0 Å². The summed E-state index contributed by atoms with van der Waals surface area (Å²) in [5.74, 6) is 0. The summed E-state index contributed by atoms with van der Waals surface area (Å²) in [5, 5.41) is 0. The lowest BCUT2D eigenvalue weighted by molar-refractivity contribution is -0.137. The Kier molecular flexibility index (Phi) is 10.5. The molecule has 6 nitrogen and oxygen atoms in total. The zero-order valence-corrected chi connectivity index (χ0v) is 21.2. The number of nitrogens with zero attached hydrogens (tertiary/aromatic N) is 3. The lowest BCUT2D eigenvalue weighted by atomic mass is 10.1. The van der Waals surface area contributed by atoms with Crippen LogP contribution in [0.2, 0.25) is 0 Å². The first-order valence-corrected chi connectivity index (χ1v) is 12.1.